The van der Waals surface area contributed by atoms with E-state index in [1.54, 1.807) is 0 Å². The molecule has 15 heavy (non-hydrogen) atoms. The van der Waals surface area contributed by atoms with Gasteiger partial charge in [0.25, 0.3) is 0 Å². The van der Waals surface area contributed by atoms with Gasteiger partial charge in [0.2, 0.25) is 0 Å². The molecule has 1 aliphatic heterocycles. The van der Waals surface area contributed by atoms with E-state index in [4.69, 9.17) is 0 Å². The molecule has 2 heteroatoms. The molecule has 90 valence electrons. The molecule has 0 aromatic carbocycles. The number of nitrogens with one attached hydrogen (secondary N) is 2. The minimum Gasteiger partial charge on any atom is -0.316 e. The van der Waals surface area contributed by atoms with Crippen molar-refractivity contribution in [2.45, 2.75) is 52.5 Å². The first-order chi connectivity index (χ1) is 7.20. The third kappa shape index (κ3) is 5.53. The topological polar surface area (TPSA) is 24.1 Å². The third-order valence-electron chi connectivity index (χ3n) is 3.48. The van der Waals surface area contributed by atoms with Gasteiger partial charge >= 0.3 is 0 Å². The van der Waals surface area contributed by atoms with Gasteiger partial charge < -0.3 is 10.6 Å². The Morgan fingerprint density at radius 1 is 1.33 bits per heavy atom. The minimum atomic E-state index is 0.716. The normalized spacial score (nSPS) is 26.4. The molecule has 2 unspecified atom stereocenters. The summed E-state index contributed by atoms with van der Waals surface area (Å²) in [4.78, 5) is 0. The van der Waals surface area contributed by atoms with Gasteiger partial charge in [-0.2, -0.15) is 0 Å². The summed E-state index contributed by atoms with van der Waals surface area (Å²) in [6, 6.07) is 0.716. The van der Waals surface area contributed by atoms with Crippen LogP contribution in [0.1, 0.15) is 46.5 Å². The van der Waals surface area contributed by atoms with Gasteiger partial charge in [-0.1, -0.05) is 26.7 Å². The van der Waals surface area contributed by atoms with E-state index in [1.165, 1.54) is 45.3 Å². The molecule has 0 aliphatic carbocycles. The second-order valence-corrected chi connectivity index (χ2v) is 5.39. The quantitative estimate of drug-likeness (QED) is 0.633. The lowest BCUT2D eigenvalue weighted by Crippen LogP contribution is -2.31. The Morgan fingerprint density at radius 2 is 2.13 bits per heavy atom. The molecule has 0 aromatic rings. The van der Waals surface area contributed by atoms with Gasteiger partial charge in [0.05, 0.1) is 0 Å². The van der Waals surface area contributed by atoms with Crippen LogP contribution in [0.25, 0.3) is 0 Å². The molecule has 0 spiro atoms. The summed E-state index contributed by atoms with van der Waals surface area (Å²) in [7, 11) is 0. The van der Waals surface area contributed by atoms with Crippen LogP contribution < -0.4 is 10.6 Å². The smallest absolute Gasteiger partial charge is 0.00795 e. The lowest BCUT2D eigenvalue weighted by molar-refractivity contribution is 0.431. The highest BCUT2D eigenvalue weighted by atomic mass is 15.0. The van der Waals surface area contributed by atoms with Crippen LogP contribution in [0.5, 0.6) is 0 Å². The van der Waals surface area contributed by atoms with E-state index < -0.39 is 0 Å². The van der Waals surface area contributed by atoms with Gasteiger partial charge in [0, 0.05) is 6.04 Å². The van der Waals surface area contributed by atoms with Crippen LogP contribution >= 0.6 is 0 Å². The highest BCUT2D eigenvalue weighted by molar-refractivity contribution is 4.81. The highest BCUT2D eigenvalue weighted by Crippen LogP contribution is 2.13. The van der Waals surface area contributed by atoms with E-state index in [0.29, 0.717) is 6.04 Å². The summed E-state index contributed by atoms with van der Waals surface area (Å²) in [6.07, 6.45) is 5.44. The molecule has 2 nitrogen and oxygen atoms in total. The summed E-state index contributed by atoms with van der Waals surface area (Å²) in [6.45, 7) is 10.5. The zero-order valence-electron chi connectivity index (χ0n) is 10.7. The molecule has 0 amide bonds. The second kappa shape index (κ2) is 7.24. The summed E-state index contributed by atoms with van der Waals surface area (Å²) in [5.41, 5.74) is 0. The van der Waals surface area contributed by atoms with Crippen molar-refractivity contribution in [3.63, 3.8) is 0 Å². The van der Waals surface area contributed by atoms with Gasteiger partial charge in [-0.05, 0) is 51.2 Å². The molecule has 0 bridgehead atoms. The van der Waals surface area contributed by atoms with Gasteiger partial charge in [0.1, 0.15) is 0 Å². The van der Waals surface area contributed by atoms with Crippen molar-refractivity contribution < 1.29 is 0 Å². The molecule has 0 saturated carbocycles. The lowest BCUT2D eigenvalue weighted by Gasteiger charge is -2.15. The van der Waals surface area contributed by atoms with Crippen molar-refractivity contribution in [2.75, 3.05) is 19.6 Å². The van der Waals surface area contributed by atoms with Crippen molar-refractivity contribution in [2.24, 2.45) is 11.8 Å². The van der Waals surface area contributed by atoms with Gasteiger partial charge in [0.15, 0.2) is 0 Å². The first kappa shape index (κ1) is 13.0. The largest absolute Gasteiger partial charge is 0.316 e. The summed E-state index contributed by atoms with van der Waals surface area (Å²) in [5, 5.41) is 7.09. The standard InChI is InChI=1S/C13H28N2/c1-11(2)6-4-5-8-14-10-13-7-9-15-12(13)3/h11-15H,4-10H2,1-3H3. The Morgan fingerprint density at radius 3 is 2.73 bits per heavy atom. The number of hydrogen-bond acceptors (Lipinski definition) is 2. The third-order valence-corrected chi connectivity index (χ3v) is 3.48. The van der Waals surface area contributed by atoms with Crippen LogP contribution in [0.15, 0.2) is 0 Å². The molecule has 1 rings (SSSR count). The molecule has 2 atom stereocenters. The van der Waals surface area contributed by atoms with E-state index in [-0.39, 0.29) is 0 Å². The summed E-state index contributed by atoms with van der Waals surface area (Å²) in [5.74, 6) is 1.72. The molecule has 0 radical (unpaired) electrons. The van der Waals surface area contributed by atoms with Gasteiger partial charge in [-0.25, -0.2) is 0 Å². The summed E-state index contributed by atoms with van der Waals surface area (Å²) >= 11 is 0. The van der Waals surface area contributed by atoms with Gasteiger partial charge in [-0.3, -0.25) is 0 Å². The van der Waals surface area contributed by atoms with Crippen LogP contribution in [0.2, 0.25) is 0 Å². The average Bonchev–Trinajstić information content (AvgIpc) is 2.57. The molecule has 2 N–H and O–H groups in total. The second-order valence-electron chi connectivity index (χ2n) is 5.39. The Kier molecular flexibility index (Phi) is 6.26. The predicted octanol–water partition coefficient (Wildman–Crippen LogP) is 2.40. The maximum absolute atomic E-state index is 3.59. The zero-order chi connectivity index (χ0) is 11.1. The fourth-order valence-corrected chi connectivity index (χ4v) is 2.28. The molecule has 0 aromatic heterocycles. The van der Waals surface area contributed by atoms with Crippen molar-refractivity contribution in [1.29, 1.82) is 0 Å². The lowest BCUT2D eigenvalue weighted by atomic mass is 10.0. The molecule has 1 heterocycles. The van der Waals surface area contributed by atoms with E-state index in [2.05, 4.69) is 31.4 Å². The molecule has 1 aliphatic rings. The van der Waals surface area contributed by atoms with Gasteiger partial charge in [-0.15, -0.1) is 0 Å². The first-order valence-corrected chi connectivity index (χ1v) is 6.64. The number of unbranched alkanes of at least 4 members (excludes halogenated alkanes) is 1. The zero-order valence-corrected chi connectivity index (χ0v) is 10.7. The van der Waals surface area contributed by atoms with Crippen molar-refractivity contribution in [3.05, 3.63) is 0 Å². The van der Waals surface area contributed by atoms with E-state index >= 15 is 0 Å². The van der Waals surface area contributed by atoms with Crippen molar-refractivity contribution in [3.8, 4) is 0 Å². The SMILES string of the molecule is CC(C)CCCCNCC1CCNC1C. The number of rotatable bonds is 7. The summed E-state index contributed by atoms with van der Waals surface area (Å²) < 4.78 is 0. The fraction of sp³-hybridized carbons (Fsp3) is 1.00. The Balaban J connectivity index is 1.88. The molecule has 1 fully saturated rings. The van der Waals surface area contributed by atoms with Crippen LogP contribution in [-0.4, -0.2) is 25.7 Å². The highest BCUT2D eigenvalue weighted by Gasteiger charge is 2.21. The molecular formula is C13H28N2. The minimum absolute atomic E-state index is 0.716. The van der Waals surface area contributed by atoms with E-state index in [1.807, 2.05) is 0 Å². The fourth-order valence-electron chi connectivity index (χ4n) is 2.28. The number of hydrogen-bond donors (Lipinski definition) is 2. The van der Waals surface area contributed by atoms with Crippen molar-refractivity contribution in [1.82, 2.24) is 10.6 Å². The predicted molar refractivity (Wildman–Crippen MR) is 67.1 cm³/mol. The van der Waals surface area contributed by atoms with E-state index in [9.17, 15) is 0 Å². The Labute approximate surface area is 95.2 Å². The van der Waals surface area contributed by atoms with E-state index in [0.717, 1.165) is 11.8 Å². The maximum Gasteiger partial charge on any atom is 0.00795 e. The Bertz CT molecular complexity index is 157. The monoisotopic (exact) mass is 212 g/mol. The van der Waals surface area contributed by atoms with Crippen LogP contribution in [0.4, 0.5) is 0 Å². The molecular weight excluding hydrogens is 184 g/mol. The first-order valence-electron chi connectivity index (χ1n) is 6.64. The average molecular weight is 212 g/mol. The van der Waals surface area contributed by atoms with Crippen molar-refractivity contribution >= 4 is 0 Å². The van der Waals surface area contributed by atoms with Crippen LogP contribution in [-0.2, 0) is 0 Å². The maximum atomic E-state index is 3.59. The Hall–Kier alpha value is -0.0800. The molecule has 1 saturated heterocycles. The van der Waals surface area contributed by atoms with Crippen LogP contribution in [0, 0.1) is 11.8 Å². The van der Waals surface area contributed by atoms with Crippen LogP contribution in [0.3, 0.4) is 0 Å².